The fourth-order valence-corrected chi connectivity index (χ4v) is 4.26. The second-order valence-electron chi connectivity index (χ2n) is 7.43. The Labute approximate surface area is 203 Å². The molecule has 8 heteroatoms. The predicted octanol–water partition coefficient (Wildman–Crippen LogP) is 6.08. The summed E-state index contributed by atoms with van der Waals surface area (Å²) in [6.07, 6.45) is 3.26. The number of aryl methyl sites for hydroxylation is 1. The Hall–Kier alpha value is -2.67. The van der Waals surface area contributed by atoms with Gasteiger partial charge in [-0.05, 0) is 53.9 Å². The molecule has 3 aromatic rings. The van der Waals surface area contributed by atoms with Crippen LogP contribution in [0.25, 0.3) is 5.76 Å². The van der Waals surface area contributed by atoms with Crippen molar-refractivity contribution in [3.8, 4) is 0 Å². The van der Waals surface area contributed by atoms with Crippen LogP contribution < -0.4 is 0 Å². The van der Waals surface area contributed by atoms with Gasteiger partial charge < -0.3 is 10.0 Å². The van der Waals surface area contributed by atoms with Gasteiger partial charge in [-0.15, -0.1) is 0 Å². The smallest absolute Gasteiger partial charge is 0.295 e. The summed E-state index contributed by atoms with van der Waals surface area (Å²) in [4.78, 5) is 31.7. The number of nitrogens with zero attached hydrogens (tertiary/aromatic N) is 2. The summed E-state index contributed by atoms with van der Waals surface area (Å²) in [5, 5.41) is 11.8. The maximum atomic E-state index is 13.1. The lowest BCUT2D eigenvalue weighted by molar-refractivity contribution is -0.140. The number of aliphatic hydroxyl groups excluding tert-OH is 1. The number of carbonyl (C=O) groups is 2. The highest BCUT2D eigenvalue weighted by molar-refractivity contribution is 9.10. The van der Waals surface area contributed by atoms with E-state index in [4.69, 9.17) is 23.2 Å². The summed E-state index contributed by atoms with van der Waals surface area (Å²) in [5.41, 5.74) is 2.63. The largest absolute Gasteiger partial charge is 0.507 e. The van der Waals surface area contributed by atoms with Crippen LogP contribution in [-0.4, -0.2) is 26.7 Å². The summed E-state index contributed by atoms with van der Waals surface area (Å²) >= 11 is 15.8. The van der Waals surface area contributed by atoms with Crippen molar-refractivity contribution in [2.45, 2.75) is 19.5 Å². The van der Waals surface area contributed by atoms with Crippen LogP contribution in [0.3, 0.4) is 0 Å². The van der Waals surface area contributed by atoms with Crippen LogP contribution in [0.5, 0.6) is 0 Å². The molecule has 1 aromatic heterocycles. The van der Waals surface area contributed by atoms with Gasteiger partial charge in [-0.3, -0.25) is 14.6 Å². The second-order valence-corrected chi connectivity index (χ2v) is 9.09. The molecule has 0 radical (unpaired) electrons. The van der Waals surface area contributed by atoms with E-state index < -0.39 is 17.7 Å². The van der Waals surface area contributed by atoms with Crippen LogP contribution in [0.1, 0.15) is 28.3 Å². The van der Waals surface area contributed by atoms with Crippen LogP contribution in [0.2, 0.25) is 10.0 Å². The number of aliphatic hydroxyl groups is 1. The maximum absolute atomic E-state index is 13.1. The minimum absolute atomic E-state index is 0.000924. The first kappa shape index (κ1) is 22.5. The molecule has 0 saturated carbocycles. The Morgan fingerprint density at radius 1 is 1.12 bits per heavy atom. The van der Waals surface area contributed by atoms with Crippen molar-refractivity contribution in [3.63, 3.8) is 0 Å². The highest BCUT2D eigenvalue weighted by Gasteiger charge is 2.46. The zero-order chi connectivity index (χ0) is 23.0. The Bertz CT molecular complexity index is 1260. The summed E-state index contributed by atoms with van der Waals surface area (Å²) in [6.45, 7) is 2.01. The summed E-state index contributed by atoms with van der Waals surface area (Å²) in [6, 6.07) is 12.9. The number of hydrogen-bond donors (Lipinski definition) is 1. The van der Waals surface area contributed by atoms with Crippen LogP contribution in [-0.2, 0) is 16.1 Å². The molecule has 1 atom stereocenters. The summed E-state index contributed by atoms with van der Waals surface area (Å²) in [5.74, 6) is -1.72. The number of aromatic nitrogens is 1. The lowest BCUT2D eigenvalue weighted by Crippen LogP contribution is -2.29. The van der Waals surface area contributed by atoms with E-state index in [1.807, 2.05) is 13.0 Å². The van der Waals surface area contributed by atoms with Crippen LogP contribution in [0.15, 0.2) is 71.0 Å². The minimum atomic E-state index is -0.839. The number of amides is 1. The number of hydrogen-bond acceptors (Lipinski definition) is 4. The third kappa shape index (κ3) is 4.18. The van der Waals surface area contributed by atoms with Crippen molar-refractivity contribution < 1.29 is 14.7 Å². The number of ketones is 1. The molecule has 1 amide bonds. The molecule has 0 bridgehead atoms. The van der Waals surface area contributed by atoms with E-state index in [9.17, 15) is 14.7 Å². The molecule has 1 aliphatic heterocycles. The number of Topliss-reactive ketones (excluding diaryl/α,β-unsaturated/α-hetero) is 1. The van der Waals surface area contributed by atoms with Crippen LogP contribution >= 0.6 is 39.1 Å². The standard InChI is InChI=1S/C24H17BrCl2N2O3/c1-13-9-16(4-6-17(13)25)22(30)20-21(15-5-7-18(26)19(27)10-15)29(24(32)23(20)31)12-14-3-2-8-28-11-14/h2-11,21,30H,12H2,1H3/b22-20-. The molecule has 1 saturated heterocycles. The monoisotopic (exact) mass is 530 g/mol. The topological polar surface area (TPSA) is 70.5 Å². The quantitative estimate of drug-likeness (QED) is 0.251. The molecule has 162 valence electrons. The van der Waals surface area contributed by atoms with Gasteiger partial charge in [0.1, 0.15) is 5.76 Å². The second kappa shape index (κ2) is 9.06. The molecule has 1 unspecified atom stereocenters. The van der Waals surface area contributed by atoms with E-state index in [0.29, 0.717) is 16.1 Å². The first-order valence-electron chi connectivity index (χ1n) is 9.66. The number of benzene rings is 2. The van der Waals surface area contributed by atoms with Gasteiger partial charge in [0.25, 0.3) is 11.7 Å². The molecule has 0 aliphatic carbocycles. The van der Waals surface area contributed by atoms with Crippen molar-refractivity contribution in [1.29, 1.82) is 0 Å². The molecule has 1 N–H and O–H groups in total. The minimum Gasteiger partial charge on any atom is -0.507 e. The number of likely N-dealkylation sites (tertiary alicyclic amines) is 1. The molecule has 2 heterocycles. The Balaban J connectivity index is 1.90. The fourth-order valence-electron chi connectivity index (χ4n) is 3.71. The van der Waals surface area contributed by atoms with Crippen molar-refractivity contribution in [1.82, 2.24) is 9.88 Å². The van der Waals surface area contributed by atoms with Crippen LogP contribution in [0, 0.1) is 6.92 Å². The number of pyridine rings is 1. The zero-order valence-corrected chi connectivity index (χ0v) is 19.9. The van der Waals surface area contributed by atoms with Gasteiger partial charge in [-0.2, -0.15) is 0 Å². The Kier molecular flexibility index (Phi) is 6.38. The predicted molar refractivity (Wildman–Crippen MR) is 127 cm³/mol. The van der Waals surface area contributed by atoms with Gasteiger partial charge in [0.2, 0.25) is 0 Å². The molecule has 4 rings (SSSR count). The van der Waals surface area contributed by atoms with Crippen molar-refractivity contribution in [3.05, 3.63) is 103 Å². The lowest BCUT2D eigenvalue weighted by Gasteiger charge is -2.25. The van der Waals surface area contributed by atoms with Gasteiger partial charge in [-0.25, -0.2) is 0 Å². The molecule has 2 aromatic carbocycles. The third-order valence-electron chi connectivity index (χ3n) is 5.31. The van der Waals surface area contributed by atoms with Gasteiger partial charge in [0.15, 0.2) is 0 Å². The van der Waals surface area contributed by atoms with Crippen LogP contribution in [0.4, 0.5) is 0 Å². The van der Waals surface area contributed by atoms with E-state index in [-0.39, 0.29) is 22.9 Å². The third-order valence-corrected chi connectivity index (χ3v) is 6.94. The fraction of sp³-hybridized carbons (Fsp3) is 0.125. The highest BCUT2D eigenvalue weighted by Crippen LogP contribution is 2.42. The van der Waals surface area contributed by atoms with Crippen molar-refractivity contribution >= 4 is 56.6 Å². The summed E-state index contributed by atoms with van der Waals surface area (Å²) < 4.78 is 0.868. The molecule has 1 fully saturated rings. The summed E-state index contributed by atoms with van der Waals surface area (Å²) in [7, 11) is 0. The average Bonchev–Trinajstić information content (AvgIpc) is 3.02. The first-order valence-corrected chi connectivity index (χ1v) is 11.2. The SMILES string of the molecule is Cc1cc(/C(O)=C2/C(=O)C(=O)N(Cc3cccnc3)C2c2ccc(Cl)c(Cl)c2)ccc1Br. The number of rotatable bonds is 4. The average molecular weight is 532 g/mol. The normalized spacial score (nSPS) is 17.8. The number of halogens is 3. The molecule has 0 spiro atoms. The zero-order valence-electron chi connectivity index (χ0n) is 16.8. The molecular weight excluding hydrogens is 515 g/mol. The van der Waals surface area contributed by atoms with E-state index in [1.54, 1.807) is 54.9 Å². The molecule has 32 heavy (non-hydrogen) atoms. The van der Waals surface area contributed by atoms with E-state index >= 15 is 0 Å². The molecular formula is C24H17BrCl2N2O3. The van der Waals surface area contributed by atoms with Gasteiger partial charge >= 0.3 is 0 Å². The van der Waals surface area contributed by atoms with Gasteiger partial charge in [0, 0.05) is 29.0 Å². The van der Waals surface area contributed by atoms with Gasteiger partial charge in [-0.1, -0.05) is 57.3 Å². The maximum Gasteiger partial charge on any atom is 0.295 e. The lowest BCUT2D eigenvalue weighted by atomic mass is 9.95. The highest BCUT2D eigenvalue weighted by atomic mass is 79.9. The van der Waals surface area contributed by atoms with E-state index in [0.717, 1.165) is 15.6 Å². The van der Waals surface area contributed by atoms with Crippen molar-refractivity contribution in [2.24, 2.45) is 0 Å². The Morgan fingerprint density at radius 2 is 1.91 bits per heavy atom. The molecule has 1 aliphatic rings. The van der Waals surface area contributed by atoms with E-state index in [1.165, 1.54) is 4.90 Å². The number of carbonyl (C=O) groups excluding carboxylic acids is 2. The first-order chi connectivity index (χ1) is 15.3. The Morgan fingerprint density at radius 3 is 2.56 bits per heavy atom. The van der Waals surface area contributed by atoms with E-state index in [2.05, 4.69) is 20.9 Å². The van der Waals surface area contributed by atoms with Crippen molar-refractivity contribution in [2.75, 3.05) is 0 Å². The molecule has 5 nitrogen and oxygen atoms in total. The van der Waals surface area contributed by atoms with Gasteiger partial charge in [0.05, 0.1) is 21.7 Å².